The lowest BCUT2D eigenvalue weighted by molar-refractivity contribution is 0.812. The molecule has 0 saturated carbocycles. The van der Waals surface area contributed by atoms with Gasteiger partial charge in [0.05, 0.1) is 5.69 Å². The van der Waals surface area contributed by atoms with Crippen molar-refractivity contribution < 1.29 is 0 Å². The molecule has 1 atom stereocenters. The highest BCUT2D eigenvalue weighted by atomic mass is 32.2. The van der Waals surface area contributed by atoms with Crippen LogP contribution in [0, 0.1) is 13.8 Å². The predicted octanol–water partition coefficient (Wildman–Crippen LogP) is 4.90. The number of thioether (sulfide) groups is 1. The van der Waals surface area contributed by atoms with Gasteiger partial charge < -0.3 is 0 Å². The fraction of sp³-hybridized carbons (Fsp3) is 0.333. The number of fused-ring (bicyclic) bond motifs is 1. The van der Waals surface area contributed by atoms with Crippen molar-refractivity contribution in [1.29, 1.82) is 0 Å². The van der Waals surface area contributed by atoms with Gasteiger partial charge in [0, 0.05) is 16.5 Å². The van der Waals surface area contributed by atoms with Crippen molar-refractivity contribution >= 4 is 17.4 Å². The first-order chi connectivity index (χ1) is 10.6. The summed E-state index contributed by atoms with van der Waals surface area (Å²) in [6.07, 6.45) is 1.14. The van der Waals surface area contributed by atoms with Gasteiger partial charge in [-0.1, -0.05) is 44.2 Å². The minimum Gasteiger partial charge on any atom is -0.233 e. The van der Waals surface area contributed by atoms with Crippen molar-refractivity contribution in [3.8, 4) is 11.1 Å². The summed E-state index contributed by atoms with van der Waals surface area (Å²) in [6.45, 7) is 8.58. The Morgan fingerprint density at radius 3 is 2.59 bits per heavy atom. The third kappa shape index (κ3) is 2.75. The minimum atomic E-state index is 0.565. The molecule has 3 aromatic rings. The van der Waals surface area contributed by atoms with Gasteiger partial charge in [-0.05, 0) is 31.9 Å². The van der Waals surface area contributed by atoms with Crippen molar-refractivity contribution in [2.75, 3.05) is 0 Å². The topological polar surface area (TPSA) is 30.2 Å². The van der Waals surface area contributed by atoms with E-state index in [2.05, 4.69) is 58.0 Å². The highest BCUT2D eigenvalue weighted by Gasteiger charge is 2.16. The molecule has 0 aliphatic carbocycles. The zero-order valence-electron chi connectivity index (χ0n) is 13.5. The third-order valence-corrected chi connectivity index (χ3v) is 5.09. The molecule has 0 aliphatic heterocycles. The Kier molecular flexibility index (Phi) is 4.21. The van der Waals surface area contributed by atoms with Gasteiger partial charge in [-0.25, -0.2) is 9.50 Å². The van der Waals surface area contributed by atoms with Crippen molar-refractivity contribution in [2.24, 2.45) is 0 Å². The van der Waals surface area contributed by atoms with E-state index in [4.69, 9.17) is 10.1 Å². The van der Waals surface area contributed by atoms with E-state index in [-0.39, 0.29) is 0 Å². The lowest BCUT2D eigenvalue weighted by Gasteiger charge is -2.10. The quantitative estimate of drug-likeness (QED) is 0.507. The molecule has 0 aliphatic rings. The van der Waals surface area contributed by atoms with E-state index in [0.717, 1.165) is 29.0 Å². The average molecular weight is 311 g/mol. The summed E-state index contributed by atoms with van der Waals surface area (Å²) in [5.41, 5.74) is 5.32. The Balaban J connectivity index is 2.22. The molecule has 0 bridgehead atoms. The van der Waals surface area contributed by atoms with Crippen molar-refractivity contribution in [3.63, 3.8) is 0 Å². The van der Waals surface area contributed by atoms with E-state index in [1.165, 1.54) is 10.6 Å². The van der Waals surface area contributed by atoms with Crippen molar-refractivity contribution in [2.45, 2.75) is 44.4 Å². The number of aryl methyl sites for hydroxylation is 2. The second kappa shape index (κ2) is 6.13. The fourth-order valence-corrected chi connectivity index (χ4v) is 3.57. The molecule has 0 amide bonds. The second-order valence-electron chi connectivity index (χ2n) is 5.63. The van der Waals surface area contributed by atoms with E-state index in [1.54, 1.807) is 0 Å². The maximum Gasteiger partial charge on any atom is 0.164 e. The van der Waals surface area contributed by atoms with Crippen molar-refractivity contribution in [1.82, 2.24) is 14.6 Å². The van der Waals surface area contributed by atoms with Crippen molar-refractivity contribution in [3.05, 3.63) is 47.8 Å². The standard InChI is InChI=1S/C18H21N3S/c1-5-13(3)22-16-11-12(2)19-18-17(14(4)20-21(16)18)15-9-7-6-8-10-15/h6-11,13H,5H2,1-4H3. The first-order valence-electron chi connectivity index (χ1n) is 7.69. The van der Waals surface area contributed by atoms with Crippen LogP contribution in [0.25, 0.3) is 16.8 Å². The Hall–Kier alpha value is -1.81. The number of nitrogens with zero attached hydrogens (tertiary/aromatic N) is 3. The van der Waals surface area contributed by atoms with Gasteiger partial charge in [-0.2, -0.15) is 5.10 Å². The molecule has 3 rings (SSSR count). The Bertz CT molecular complexity index is 793. The van der Waals surface area contributed by atoms with Crippen LogP contribution in [0.2, 0.25) is 0 Å². The van der Waals surface area contributed by atoms with Crippen LogP contribution in [0.1, 0.15) is 31.7 Å². The molecule has 2 aromatic heterocycles. The first-order valence-corrected chi connectivity index (χ1v) is 8.57. The number of benzene rings is 1. The molecule has 4 heteroatoms. The molecule has 0 radical (unpaired) electrons. The first kappa shape index (κ1) is 15.1. The number of aromatic nitrogens is 3. The van der Waals surface area contributed by atoms with Gasteiger partial charge in [0.25, 0.3) is 0 Å². The Labute approximate surface area is 135 Å². The molecule has 0 saturated heterocycles. The van der Waals surface area contributed by atoms with Crippen LogP contribution < -0.4 is 0 Å². The Morgan fingerprint density at radius 1 is 1.18 bits per heavy atom. The minimum absolute atomic E-state index is 0.565. The molecular weight excluding hydrogens is 290 g/mol. The molecule has 2 heterocycles. The van der Waals surface area contributed by atoms with Crippen LogP contribution >= 0.6 is 11.8 Å². The van der Waals surface area contributed by atoms with Gasteiger partial charge >= 0.3 is 0 Å². The molecule has 0 N–H and O–H groups in total. The summed E-state index contributed by atoms with van der Waals surface area (Å²) in [5, 5.41) is 6.48. The molecule has 0 fully saturated rings. The lowest BCUT2D eigenvalue weighted by Crippen LogP contribution is -2.01. The maximum atomic E-state index is 4.75. The van der Waals surface area contributed by atoms with Crippen LogP contribution in [-0.4, -0.2) is 19.8 Å². The van der Waals surface area contributed by atoms with Crippen LogP contribution in [0.5, 0.6) is 0 Å². The molecular formula is C18H21N3S. The summed E-state index contributed by atoms with van der Waals surface area (Å²) < 4.78 is 2.00. The fourth-order valence-electron chi connectivity index (χ4n) is 2.53. The molecule has 114 valence electrons. The van der Waals surface area contributed by atoms with Crippen LogP contribution in [-0.2, 0) is 0 Å². The largest absolute Gasteiger partial charge is 0.233 e. The highest BCUT2D eigenvalue weighted by molar-refractivity contribution is 7.99. The maximum absolute atomic E-state index is 4.75. The zero-order chi connectivity index (χ0) is 15.7. The molecule has 3 nitrogen and oxygen atoms in total. The van der Waals surface area contributed by atoms with Gasteiger partial charge in [0.1, 0.15) is 5.03 Å². The molecule has 22 heavy (non-hydrogen) atoms. The third-order valence-electron chi connectivity index (χ3n) is 3.82. The normalized spacial score (nSPS) is 12.7. The zero-order valence-corrected chi connectivity index (χ0v) is 14.3. The summed E-state index contributed by atoms with van der Waals surface area (Å²) in [7, 11) is 0. The lowest BCUT2D eigenvalue weighted by atomic mass is 10.1. The second-order valence-corrected chi connectivity index (χ2v) is 7.09. The smallest absolute Gasteiger partial charge is 0.164 e. The SMILES string of the molecule is CCC(C)Sc1cc(C)nc2c(-c3ccccc3)c(C)nn12. The van der Waals surface area contributed by atoms with Crippen LogP contribution in [0.3, 0.4) is 0 Å². The van der Waals surface area contributed by atoms with E-state index < -0.39 is 0 Å². The van der Waals surface area contributed by atoms with Gasteiger partial charge in [-0.15, -0.1) is 11.8 Å². The van der Waals surface area contributed by atoms with Gasteiger partial charge in [0.15, 0.2) is 5.65 Å². The monoisotopic (exact) mass is 311 g/mol. The number of hydrogen-bond donors (Lipinski definition) is 0. The van der Waals surface area contributed by atoms with Gasteiger partial charge in [0.2, 0.25) is 0 Å². The summed E-state index contributed by atoms with van der Waals surface area (Å²) >= 11 is 1.86. The van der Waals surface area contributed by atoms with E-state index in [1.807, 2.05) is 22.3 Å². The Morgan fingerprint density at radius 2 is 1.91 bits per heavy atom. The van der Waals surface area contributed by atoms with E-state index in [9.17, 15) is 0 Å². The predicted molar refractivity (Wildman–Crippen MR) is 93.5 cm³/mol. The van der Waals surface area contributed by atoms with E-state index >= 15 is 0 Å². The number of rotatable bonds is 4. The molecule has 1 aromatic carbocycles. The summed E-state index contributed by atoms with van der Waals surface area (Å²) in [6, 6.07) is 12.5. The summed E-state index contributed by atoms with van der Waals surface area (Å²) in [5.74, 6) is 0. The average Bonchev–Trinajstić information content (AvgIpc) is 2.84. The molecule has 1 unspecified atom stereocenters. The molecule has 0 spiro atoms. The number of hydrogen-bond acceptors (Lipinski definition) is 3. The summed E-state index contributed by atoms with van der Waals surface area (Å²) in [4.78, 5) is 4.75. The van der Waals surface area contributed by atoms with Crippen LogP contribution in [0.15, 0.2) is 41.4 Å². The highest BCUT2D eigenvalue weighted by Crippen LogP contribution is 2.32. The van der Waals surface area contributed by atoms with E-state index in [0.29, 0.717) is 5.25 Å². The van der Waals surface area contributed by atoms with Crippen LogP contribution in [0.4, 0.5) is 0 Å². The van der Waals surface area contributed by atoms with Gasteiger partial charge in [-0.3, -0.25) is 0 Å².